The standard InChI is InChI=1S/C12H10Cl2O3/c1-7(15)9(12(16)17-2)6-8-4-3-5-10(13)11(8)14/h3-6H,1-2H3. The Bertz CT molecular complexity index is 493. The van der Waals surface area contributed by atoms with Crippen molar-refractivity contribution in [3.05, 3.63) is 39.4 Å². The normalized spacial score (nSPS) is 11.2. The van der Waals surface area contributed by atoms with Crippen LogP contribution < -0.4 is 0 Å². The molecule has 0 heterocycles. The summed E-state index contributed by atoms with van der Waals surface area (Å²) in [6.07, 6.45) is 1.36. The zero-order valence-electron chi connectivity index (χ0n) is 9.29. The van der Waals surface area contributed by atoms with Crippen LogP contribution in [-0.2, 0) is 14.3 Å². The lowest BCUT2D eigenvalue weighted by atomic mass is 10.1. The molecule has 0 amide bonds. The molecule has 0 aliphatic carbocycles. The van der Waals surface area contributed by atoms with E-state index in [1.807, 2.05) is 0 Å². The lowest BCUT2D eigenvalue weighted by Crippen LogP contribution is -2.11. The van der Waals surface area contributed by atoms with Crippen LogP contribution in [0, 0.1) is 0 Å². The van der Waals surface area contributed by atoms with Crippen LogP contribution in [0.15, 0.2) is 23.8 Å². The molecule has 0 N–H and O–H groups in total. The van der Waals surface area contributed by atoms with Gasteiger partial charge in [-0.1, -0.05) is 35.3 Å². The number of hydrogen-bond donors (Lipinski definition) is 0. The Balaban J connectivity index is 3.27. The summed E-state index contributed by atoms with van der Waals surface area (Å²) >= 11 is 11.8. The van der Waals surface area contributed by atoms with E-state index in [-0.39, 0.29) is 10.6 Å². The second-order valence-corrected chi connectivity index (χ2v) is 4.03. The minimum Gasteiger partial charge on any atom is -0.465 e. The number of Topliss-reactive ketones (excluding diaryl/α,β-unsaturated/α-hetero) is 1. The highest BCUT2D eigenvalue weighted by Crippen LogP contribution is 2.27. The zero-order valence-corrected chi connectivity index (χ0v) is 10.8. The Morgan fingerprint density at radius 3 is 2.47 bits per heavy atom. The van der Waals surface area contributed by atoms with Crippen LogP contribution in [-0.4, -0.2) is 18.9 Å². The van der Waals surface area contributed by atoms with E-state index < -0.39 is 11.8 Å². The van der Waals surface area contributed by atoms with E-state index in [1.54, 1.807) is 18.2 Å². The molecule has 0 aliphatic heterocycles. The van der Waals surface area contributed by atoms with Gasteiger partial charge in [0.25, 0.3) is 0 Å². The van der Waals surface area contributed by atoms with E-state index in [0.717, 1.165) is 0 Å². The summed E-state index contributed by atoms with van der Waals surface area (Å²) in [5.74, 6) is -1.10. The van der Waals surface area contributed by atoms with Gasteiger partial charge in [0.05, 0.1) is 17.2 Å². The van der Waals surface area contributed by atoms with Crippen molar-refractivity contribution in [3.63, 3.8) is 0 Å². The molecule has 0 aromatic heterocycles. The summed E-state index contributed by atoms with van der Waals surface area (Å²) in [6, 6.07) is 4.95. The van der Waals surface area contributed by atoms with Gasteiger partial charge in [0.1, 0.15) is 5.57 Å². The quantitative estimate of drug-likeness (QED) is 0.368. The maximum Gasteiger partial charge on any atom is 0.341 e. The lowest BCUT2D eigenvalue weighted by molar-refractivity contribution is -0.137. The molecule has 0 saturated heterocycles. The van der Waals surface area contributed by atoms with Crippen molar-refractivity contribution in [2.45, 2.75) is 6.92 Å². The number of hydrogen-bond acceptors (Lipinski definition) is 3. The number of carbonyl (C=O) groups excluding carboxylic acids is 2. The first-order valence-corrected chi connectivity index (χ1v) is 5.48. The zero-order chi connectivity index (χ0) is 13.0. The van der Waals surface area contributed by atoms with Crippen LogP contribution in [0.25, 0.3) is 6.08 Å². The molecule has 3 nitrogen and oxygen atoms in total. The maximum absolute atomic E-state index is 11.4. The van der Waals surface area contributed by atoms with E-state index in [1.165, 1.54) is 20.1 Å². The Hall–Kier alpha value is -1.32. The smallest absolute Gasteiger partial charge is 0.341 e. The van der Waals surface area contributed by atoms with Gasteiger partial charge in [-0.05, 0) is 24.6 Å². The second kappa shape index (κ2) is 5.84. The molecule has 0 fully saturated rings. The molecule has 1 aromatic carbocycles. The van der Waals surface area contributed by atoms with Crippen LogP contribution in [0.3, 0.4) is 0 Å². The number of rotatable bonds is 3. The summed E-state index contributed by atoms with van der Waals surface area (Å²) in [6.45, 7) is 1.28. The van der Waals surface area contributed by atoms with E-state index in [2.05, 4.69) is 4.74 Å². The Labute approximate surface area is 109 Å². The minimum absolute atomic E-state index is 0.0725. The Morgan fingerprint density at radius 1 is 1.29 bits per heavy atom. The number of ether oxygens (including phenoxy) is 1. The molecular formula is C12H10Cl2O3. The van der Waals surface area contributed by atoms with E-state index in [9.17, 15) is 9.59 Å². The fourth-order valence-corrected chi connectivity index (χ4v) is 1.56. The van der Waals surface area contributed by atoms with Gasteiger partial charge in [0.2, 0.25) is 0 Å². The third-order valence-electron chi connectivity index (χ3n) is 2.07. The molecule has 17 heavy (non-hydrogen) atoms. The Kier molecular flexibility index (Phi) is 4.73. The van der Waals surface area contributed by atoms with E-state index in [4.69, 9.17) is 23.2 Å². The van der Waals surface area contributed by atoms with Crippen LogP contribution in [0.1, 0.15) is 12.5 Å². The fraction of sp³-hybridized carbons (Fsp3) is 0.167. The molecule has 5 heteroatoms. The van der Waals surface area contributed by atoms with Crippen molar-refractivity contribution in [3.8, 4) is 0 Å². The van der Waals surface area contributed by atoms with Crippen molar-refractivity contribution in [1.82, 2.24) is 0 Å². The fourth-order valence-electron chi connectivity index (χ4n) is 1.20. The van der Waals surface area contributed by atoms with Crippen LogP contribution >= 0.6 is 23.2 Å². The van der Waals surface area contributed by atoms with Gasteiger partial charge >= 0.3 is 5.97 Å². The van der Waals surface area contributed by atoms with Crippen molar-refractivity contribution in [2.75, 3.05) is 7.11 Å². The molecule has 0 saturated carbocycles. The molecule has 0 unspecified atom stereocenters. The summed E-state index contributed by atoms with van der Waals surface area (Å²) in [7, 11) is 1.21. The third kappa shape index (κ3) is 3.32. The highest BCUT2D eigenvalue weighted by Gasteiger charge is 2.15. The number of esters is 1. The largest absolute Gasteiger partial charge is 0.465 e. The van der Waals surface area contributed by atoms with Crippen molar-refractivity contribution in [2.24, 2.45) is 0 Å². The molecule has 90 valence electrons. The highest BCUT2D eigenvalue weighted by molar-refractivity contribution is 6.43. The third-order valence-corrected chi connectivity index (χ3v) is 2.90. The number of halogens is 2. The number of carbonyl (C=O) groups is 2. The molecule has 0 bridgehead atoms. The van der Waals surface area contributed by atoms with Crippen molar-refractivity contribution in [1.29, 1.82) is 0 Å². The predicted molar refractivity (Wildman–Crippen MR) is 67.1 cm³/mol. The topological polar surface area (TPSA) is 43.4 Å². The van der Waals surface area contributed by atoms with Gasteiger partial charge in [0.15, 0.2) is 5.78 Å². The maximum atomic E-state index is 11.4. The van der Waals surface area contributed by atoms with Gasteiger partial charge in [-0.15, -0.1) is 0 Å². The van der Waals surface area contributed by atoms with Crippen molar-refractivity contribution < 1.29 is 14.3 Å². The molecule has 0 aliphatic rings. The van der Waals surface area contributed by atoms with E-state index >= 15 is 0 Å². The monoisotopic (exact) mass is 272 g/mol. The lowest BCUT2D eigenvalue weighted by Gasteiger charge is -2.04. The average Bonchev–Trinajstić information content (AvgIpc) is 2.29. The van der Waals surface area contributed by atoms with Gasteiger partial charge in [-0.25, -0.2) is 4.79 Å². The summed E-state index contributed by atoms with van der Waals surface area (Å²) < 4.78 is 4.51. The summed E-state index contributed by atoms with van der Waals surface area (Å²) in [5.41, 5.74) is 0.423. The number of benzene rings is 1. The van der Waals surface area contributed by atoms with Crippen molar-refractivity contribution >= 4 is 41.0 Å². The minimum atomic E-state index is -0.700. The first kappa shape index (κ1) is 13.7. The molecular weight excluding hydrogens is 263 g/mol. The first-order valence-electron chi connectivity index (χ1n) is 4.72. The Morgan fingerprint density at radius 2 is 1.94 bits per heavy atom. The van der Waals surface area contributed by atoms with Gasteiger partial charge < -0.3 is 4.74 Å². The molecule has 1 rings (SSSR count). The van der Waals surface area contributed by atoms with Gasteiger partial charge in [-0.3, -0.25) is 4.79 Å². The van der Waals surface area contributed by atoms with Crippen LogP contribution in [0.2, 0.25) is 10.0 Å². The second-order valence-electron chi connectivity index (χ2n) is 3.25. The number of ketones is 1. The predicted octanol–water partition coefficient (Wildman–Crippen LogP) is 3.14. The molecule has 1 aromatic rings. The van der Waals surface area contributed by atoms with E-state index in [0.29, 0.717) is 10.6 Å². The number of methoxy groups -OCH3 is 1. The highest BCUT2D eigenvalue weighted by atomic mass is 35.5. The van der Waals surface area contributed by atoms with Gasteiger partial charge in [0, 0.05) is 0 Å². The molecule has 0 atom stereocenters. The van der Waals surface area contributed by atoms with Gasteiger partial charge in [-0.2, -0.15) is 0 Å². The average molecular weight is 273 g/mol. The first-order chi connectivity index (χ1) is 7.97. The summed E-state index contributed by atoms with van der Waals surface area (Å²) in [4.78, 5) is 22.7. The SMILES string of the molecule is COC(=O)C(=Cc1cccc(Cl)c1Cl)C(C)=O. The summed E-state index contributed by atoms with van der Waals surface area (Å²) in [5, 5.41) is 0.644. The molecule has 0 radical (unpaired) electrons. The van der Waals surface area contributed by atoms with Crippen LogP contribution in [0.4, 0.5) is 0 Å². The van der Waals surface area contributed by atoms with Crippen LogP contribution in [0.5, 0.6) is 0 Å². The molecule has 0 spiro atoms.